The lowest BCUT2D eigenvalue weighted by Crippen LogP contribution is -2.36. The molecule has 0 amide bonds. The van der Waals surface area contributed by atoms with Gasteiger partial charge in [0.1, 0.15) is 12.0 Å². The van der Waals surface area contributed by atoms with E-state index in [9.17, 15) is 22.0 Å². The first-order valence-electron chi connectivity index (χ1n) is 10.6. The van der Waals surface area contributed by atoms with Crippen LogP contribution in [0.4, 0.5) is 27.6 Å². The number of ether oxygens (including phenoxy) is 3. The third-order valence-corrected chi connectivity index (χ3v) is 5.55. The summed E-state index contributed by atoms with van der Waals surface area (Å²) in [7, 11) is 2.77. The number of hydrogen-bond donors (Lipinski definition) is 0. The number of hydrogen-bond acceptors (Lipinski definition) is 10. The van der Waals surface area contributed by atoms with Crippen LogP contribution >= 0.6 is 0 Å². The molecule has 1 aliphatic heterocycles. The number of halogens is 5. The maximum Gasteiger partial charge on any atom is 0.417 e. The summed E-state index contributed by atoms with van der Waals surface area (Å²) < 4.78 is 85.0. The van der Waals surface area contributed by atoms with Crippen LogP contribution in [0, 0.1) is 0 Å². The van der Waals surface area contributed by atoms with Gasteiger partial charge in [-0.1, -0.05) is 0 Å². The van der Waals surface area contributed by atoms with Gasteiger partial charge >= 0.3 is 18.1 Å². The Morgan fingerprint density at radius 3 is 2.54 bits per heavy atom. The van der Waals surface area contributed by atoms with E-state index < -0.39 is 30.3 Å². The maximum absolute atomic E-state index is 15.0. The lowest BCUT2D eigenvalue weighted by atomic mass is 10.2. The van der Waals surface area contributed by atoms with E-state index in [0.29, 0.717) is 17.8 Å². The monoisotopic (exact) mass is 524 g/mol. The molecule has 0 spiro atoms. The van der Waals surface area contributed by atoms with Crippen molar-refractivity contribution in [3.8, 4) is 29.0 Å². The summed E-state index contributed by atoms with van der Waals surface area (Å²) in [6, 6.07) is 3.18. The minimum Gasteiger partial charge on any atom is -0.480 e. The number of methoxy groups -OCH3 is 2. The van der Waals surface area contributed by atoms with Crippen LogP contribution in [-0.4, -0.2) is 74.1 Å². The van der Waals surface area contributed by atoms with Crippen LogP contribution in [0.1, 0.15) is 5.56 Å². The summed E-state index contributed by atoms with van der Waals surface area (Å²) in [5.74, 6) is -3.60. The van der Waals surface area contributed by atoms with Crippen molar-refractivity contribution in [2.24, 2.45) is 0 Å². The molecule has 0 saturated carbocycles. The van der Waals surface area contributed by atoms with Gasteiger partial charge in [-0.25, -0.2) is 23.7 Å². The molecule has 4 aromatic rings. The molecular weight excluding hydrogens is 507 g/mol. The highest BCUT2D eigenvalue weighted by Crippen LogP contribution is 2.37. The molecule has 16 heteroatoms. The van der Waals surface area contributed by atoms with Crippen LogP contribution in [0.15, 0.2) is 36.9 Å². The molecule has 37 heavy (non-hydrogen) atoms. The highest BCUT2D eigenvalue weighted by atomic mass is 19.4. The van der Waals surface area contributed by atoms with Crippen molar-refractivity contribution in [2.75, 3.05) is 32.2 Å². The SMILES string of the molecule is COc1ncc(-c2cc(N3CC(Oc4ccc(C(F)(F)F)cn4)C(F)(F)C3)c3ncnn3n2)c(OC)n1. The molecule has 11 nitrogen and oxygen atoms in total. The smallest absolute Gasteiger partial charge is 0.417 e. The molecule has 4 aromatic heterocycles. The molecule has 0 aliphatic carbocycles. The number of alkyl halides is 5. The van der Waals surface area contributed by atoms with Gasteiger partial charge in [0.25, 0.3) is 0 Å². The van der Waals surface area contributed by atoms with E-state index in [1.807, 2.05) is 0 Å². The van der Waals surface area contributed by atoms with Gasteiger partial charge in [0.05, 0.1) is 44.1 Å². The summed E-state index contributed by atoms with van der Waals surface area (Å²) in [6.45, 7) is -1.08. The number of nitrogens with zero attached hydrogens (tertiary/aromatic N) is 8. The lowest BCUT2D eigenvalue weighted by molar-refractivity contribution is -0.137. The zero-order valence-corrected chi connectivity index (χ0v) is 19.1. The van der Waals surface area contributed by atoms with E-state index >= 15 is 0 Å². The highest BCUT2D eigenvalue weighted by Gasteiger charge is 2.51. The predicted octanol–water partition coefficient (Wildman–Crippen LogP) is 2.92. The Balaban J connectivity index is 1.47. The molecule has 1 saturated heterocycles. The third-order valence-electron chi connectivity index (χ3n) is 5.55. The molecule has 0 radical (unpaired) electrons. The number of rotatable bonds is 6. The number of pyridine rings is 1. The van der Waals surface area contributed by atoms with E-state index in [1.165, 1.54) is 37.7 Å². The van der Waals surface area contributed by atoms with Gasteiger partial charge in [-0.05, 0) is 12.1 Å². The van der Waals surface area contributed by atoms with Gasteiger partial charge in [-0.15, -0.1) is 14.8 Å². The molecule has 1 fully saturated rings. The molecule has 0 aromatic carbocycles. The molecular formula is C21H17F5N8O3. The van der Waals surface area contributed by atoms with Gasteiger partial charge in [-0.3, -0.25) is 0 Å². The fourth-order valence-corrected chi connectivity index (χ4v) is 3.77. The van der Waals surface area contributed by atoms with Gasteiger partial charge in [-0.2, -0.15) is 18.2 Å². The Bertz CT molecular complexity index is 1430. The normalized spacial score (nSPS) is 17.3. The third kappa shape index (κ3) is 4.61. The van der Waals surface area contributed by atoms with Crippen molar-refractivity contribution in [3.05, 3.63) is 42.5 Å². The zero-order chi connectivity index (χ0) is 26.4. The van der Waals surface area contributed by atoms with Crippen LogP contribution in [0.2, 0.25) is 0 Å². The van der Waals surface area contributed by atoms with Gasteiger partial charge < -0.3 is 19.1 Å². The average molecular weight is 524 g/mol. The molecule has 194 valence electrons. The van der Waals surface area contributed by atoms with Crippen LogP contribution in [0.25, 0.3) is 16.9 Å². The van der Waals surface area contributed by atoms with Crippen LogP contribution in [0.5, 0.6) is 17.8 Å². The topological polar surface area (TPSA) is 113 Å². The first-order chi connectivity index (χ1) is 17.6. The van der Waals surface area contributed by atoms with Crippen molar-refractivity contribution in [3.63, 3.8) is 0 Å². The van der Waals surface area contributed by atoms with Gasteiger partial charge in [0, 0.05) is 18.5 Å². The van der Waals surface area contributed by atoms with Crippen molar-refractivity contribution in [2.45, 2.75) is 18.2 Å². The molecule has 5 heterocycles. The zero-order valence-electron chi connectivity index (χ0n) is 19.1. The van der Waals surface area contributed by atoms with Crippen molar-refractivity contribution in [1.82, 2.24) is 34.8 Å². The standard InChI is InChI=1S/C21H17F5N8O3/c1-35-18-12(7-28-19(31-18)36-2)13-5-14(17-29-10-30-34(17)32-13)33-8-15(20(22,23)9-33)37-16-4-3-11(6-27-16)21(24,25)26/h3-7,10,15H,8-9H2,1-2H3. The molecule has 5 rings (SSSR count). The van der Waals surface area contributed by atoms with E-state index in [2.05, 4.69) is 30.1 Å². The molecule has 0 N–H and O–H groups in total. The second kappa shape index (κ2) is 8.94. The van der Waals surface area contributed by atoms with E-state index in [0.717, 1.165) is 10.7 Å². The Hall–Kier alpha value is -4.37. The molecule has 0 bridgehead atoms. The second-order valence-corrected chi connectivity index (χ2v) is 7.90. The Labute approximate surface area is 204 Å². The van der Waals surface area contributed by atoms with Crippen molar-refractivity contribution < 1.29 is 36.2 Å². The average Bonchev–Trinajstić information content (AvgIpc) is 3.46. The van der Waals surface area contributed by atoms with Gasteiger partial charge in [0.2, 0.25) is 11.8 Å². The summed E-state index contributed by atoms with van der Waals surface area (Å²) in [5.41, 5.74) is 0.0307. The fourth-order valence-electron chi connectivity index (χ4n) is 3.77. The minimum absolute atomic E-state index is 0.0544. The van der Waals surface area contributed by atoms with Crippen LogP contribution in [0.3, 0.4) is 0 Å². The molecule has 1 unspecified atom stereocenters. The summed E-state index contributed by atoms with van der Waals surface area (Å²) >= 11 is 0. The summed E-state index contributed by atoms with van der Waals surface area (Å²) in [4.78, 5) is 17.1. The minimum atomic E-state index is -4.61. The lowest BCUT2D eigenvalue weighted by Gasteiger charge is -2.19. The van der Waals surface area contributed by atoms with Crippen LogP contribution < -0.4 is 19.1 Å². The molecule has 1 atom stereocenters. The first-order valence-corrected chi connectivity index (χ1v) is 10.6. The number of anilines is 1. The quantitative estimate of drug-likeness (QED) is 0.349. The Kier molecular flexibility index (Phi) is 5.88. The van der Waals surface area contributed by atoms with E-state index in [4.69, 9.17) is 14.2 Å². The fraction of sp³-hybridized carbons (Fsp3) is 0.333. The first kappa shape index (κ1) is 24.3. The Morgan fingerprint density at radius 1 is 1.05 bits per heavy atom. The predicted molar refractivity (Wildman–Crippen MR) is 116 cm³/mol. The maximum atomic E-state index is 15.0. The van der Waals surface area contributed by atoms with Crippen LogP contribution in [-0.2, 0) is 6.18 Å². The number of fused-ring (bicyclic) bond motifs is 1. The highest BCUT2D eigenvalue weighted by molar-refractivity contribution is 5.76. The Morgan fingerprint density at radius 2 is 1.86 bits per heavy atom. The van der Waals surface area contributed by atoms with E-state index in [-0.39, 0.29) is 41.3 Å². The second-order valence-electron chi connectivity index (χ2n) is 7.90. The van der Waals surface area contributed by atoms with Gasteiger partial charge in [0.15, 0.2) is 11.8 Å². The van der Waals surface area contributed by atoms with E-state index in [1.54, 1.807) is 0 Å². The number of aromatic nitrogens is 7. The summed E-state index contributed by atoms with van der Waals surface area (Å²) in [6.07, 6.45) is -3.17. The van der Waals surface area contributed by atoms with Crippen molar-refractivity contribution in [1.29, 1.82) is 0 Å². The summed E-state index contributed by atoms with van der Waals surface area (Å²) in [5, 5.41) is 8.37. The van der Waals surface area contributed by atoms with Crippen molar-refractivity contribution >= 4 is 11.3 Å². The molecule has 1 aliphatic rings. The largest absolute Gasteiger partial charge is 0.480 e.